The molecule has 2 aliphatic rings. The first kappa shape index (κ1) is 25.8. The fourth-order valence-electron chi connectivity index (χ4n) is 3.74. The number of carbonyl (C=O) groups is 2. The first-order valence-corrected chi connectivity index (χ1v) is 13.8. The first-order valence-electron chi connectivity index (χ1n) is 10.5. The van der Waals surface area contributed by atoms with Crippen LogP contribution >= 0.6 is 22.1 Å². The maximum atomic E-state index is 13.2. The summed E-state index contributed by atoms with van der Waals surface area (Å²) in [6.07, 6.45) is 6.73. The van der Waals surface area contributed by atoms with Crippen LogP contribution in [0.4, 0.5) is 0 Å². The molecular formula is C23H28N2O5S3. The average molecular weight is 509 g/mol. The number of aliphatic hydroxyl groups excluding tert-OH is 1. The molecule has 1 unspecified atom stereocenters. The highest BCUT2D eigenvalue weighted by Gasteiger charge is 2.60. The smallest absolute Gasteiger partial charge is 0.222 e. The molecule has 5 atom stereocenters. The highest BCUT2D eigenvalue weighted by atomic mass is 33.1. The fraction of sp³-hybridized carbons (Fsp3) is 0.435. The number of fused-ring (bicyclic) bond motifs is 2. The van der Waals surface area contributed by atoms with Gasteiger partial charge in [-0.2, -0.15) is 0 Å². The molecule has 3 rings (SSSR count). The molecule has 0 saturated carbocycles. The largest absolute Gasteiger partial charge is 0.383 e. The van der Waals surface area contributed by atoms with Crippen LogP contribution in [-0.4, -0.2) is 47.5 Å². The van der Waals surface area contributed by atoms with Crippen molar-refractivity contribution in [2.75, 3.05) is 0 Å². The van der Waals surface area contributed by atoms with E-state index in [0.717, 1.165) is 10.8 Å². The molecule has 0 radical (unpaired) electrons. The van der Waals surface area contributed by atoms with Crippen molar-refractivity contribution in [1.29, 1.82) is 0 Å². The lowest BCUT2D eigenvalue weighted by Crippen LogP contribution is -2.53. The van der Waals surface area contributed by atoms with Gasteiger partial charge in [0.15, 0.2) is 5.78 Å². The number of aliphatic hydroxyl groups is 2. The molecule has 2 aliphatic heterocycles. The molecule has 3 heterocycles. The van der Waals surface area contributed by atoms with Gasteiger partial charge in [0.05, 0.1) is 26.3 Å². The molecule has 7 nitrogen and oxygen atoms in total. The molecule has 1 aromatic heterocycles. The molecule has 0 aromatic carbocycles. The lowest BCUT2D eigenvalue weighted by molar-refractivity contribution is -0.123. The van der Waals surface area contributed by atoms with Crippen molar-refractivity contribution in [3.05, 3.63) is 57.4 Å². The summed E-state index contributed by atoms with van der Waals surface area (Å²) in [6.45, 7) is 8.97. The van der Waals surface area contributed by atoms with Gasteiger partial charge in [0.2, 0.25) is 5.91 Å². The summed E-state index contributed by atoms with van der Waals surface area (Å²) < 4.78 is 11.9. The zero-order valence-corrected chi connectivity index (χ0v) is 21.2. The van der Waals surface area contributed by atoms with E-state index in [9.17, 15) is 24.0 Å². The molecule has 33 heavy (non-hydrogen) atoms. The maximum absolute atomic E-state index is 13.2. The van der Waals surface area contributed by atoms with Crippen LogP contribution in [0.5, 0.6) is 0 Å². The van der Waals surface area contributed by atoms with Crippen molar-refractivity contribution >= 4 is 49.7 Å². The summed E-state index contributed by atoms with van der Waals surface area (Å²) in [4.78, 5) is 30.1. The number of hydrogen-bond donors (Lipinski definition) is 3. The fourth-order valence-corrected chi connectivity index (χ4v) is 8.69. The van der Waals surface area contributed by atoms with Gasteiger partial charge in [0.1, 0.15) is 16.7 Å². The van der Waals surface area contributed by atoms with Crippen molar-refractivity contribution in [3.63, 3.8) is 0 Å². The Kier molecular flexibility index (Phi) is 7.95. The van der Waals surface area contributed by atoms with E-state index < -0.39 is 32.1 Å². The maximum Gasteiger partial charge on any atom is 0.222 e. The third kappa shape index (κ3) is 5.46. The second-order valence-corrected chi connectivity index (χ2v) is 12.7. The van der Waals surface area contributed by atoms with Crippen molar-refractivity contribution in [1.82, 2.24) is 10.3 Å². The number of allylic oxidation sites excluding steroid dienone is 3. The van der Waals surface area contributed by atoms with Gasteiger partial charge in [-0.3, -0.25) is 9.59 Å². The van der Waals surface area contributed by atoms with Gasteiger partial charge in [0.25, 0.3) is 0 Å². The predicted octanol–water partition coefficient (Wildman–Crippen LogP) is 3.36. The SMILES string of the molecule is C=C1SS(=O)[C@@]2(CC/C(C)=C/[C@@H](O)C(=O)/C=C\C=C\c3csc(n3)[C@@H](C)NC(=O)C2)[C@@]1(C)O. The summed E-state index contributed by atoms with van der Waals surface area (Å²) in [6, 6.07) is -0.370. The van der Waals surface area contributed by atoms with Crippen LogP contribution in [0.3, 0.4) is 0 Å². The van der Waals surface area contributed by atoms with Crippen LogP contribution in [0.25, 0.3) is 6.08 Å². The Morgan fingerprint density at radius 2 is 2.00 bits per heavy atom. The van der Waals surface area contributed by atoms with Gasteiger partial charge in [-0.15, -0.1) is 11.3 Å². The lowest BCUT2D eigenvalue weighted by atomic mass is 9.80. The minimum Gasteiger partial charge on any atom is -0.383 e. The summed E-state index contributed by atoms with van der Waals surface area (Å²) in [5.74, 6) is -0.818. The number of nitrogens with zero attached hydrogens (tertiary/aromatic N) is 1. The number of rotatable bonds is 0. The third-order valence-corrected chi connectivity index (χ3v) is 11.1. The molecule has 1 aromatic rings. The monoisotopic (exact) mass is 508 g/mol. The number of thiazole rings is 1. The molecule has 1 saturated heterocycles. The zero-order chi connectivity index (χ0) is 24.4. The van der Waals surface area contributed by atoms with Crippen LogP contribution in [0.2, 0.25) is 0 Å². The Morgan fingerprint density at radius 1 is 1.30 bits per heavy atom. The van der Waals surface area contributed by atoms with E-state index in [1.807, 2.05) is 12.3 Å². The Morgan fingerprint density at radius 3 is 2.67 bits per heavy atom. The lowest BCUT2D eigenvalue weighted by Gasteiger charge is -2.38. The third-order valence-electron chi connectivity index (χ3n) is 5.95. The van der Waals surface area contributed by atoms with Crippen molar-refractivity contribution < 1.29 is 24.0 Å². The van der Waals surface area contributed by atoms with E-state index in [1.165, 1.54) is 30.4 Å². The second kappa shape index (κ2) is 10.2. The van der Waals surface area contributed by atoms with Crippen molar-refractivity contribution in [3.8, 4) is 0 Å². The molecule has 10 heteroatoms. The van der Waals surface area contributed by atoms with Crippen LogP contribution < -0.4 is 5.32 Å². The average Bonchev–Trinajstić information content (AvgIpc) is 3.27. The predicted molar refractivity (Wildman–Crippen MR) is 134 cm³/mol. The number of nitrogens with one attached hydrogen (secondary N) is 1. The van der Waals surface area contributed by atoms with Crippen molar-refractivity contribution in [2.45, 2.75) is 62.5 Å². The normalized spacial score (nSPS) is 37.7. The van der Waals surface area contributed by atoms with Gasteiger partial charge in [-0.25, -0.2) is 9.19 Å². The van der Waals surface area contributed by atoms with E-state index in [-0.39, 0.29) is 24.8 Å². The number of amides is 1. The van der Waals surface area contributed by atoms with Gasteiger partial charge in [0, 0.05) is 16.7 Å². The topological polar surface area (TPSA) is 117 Å². The van der Waals surface area contributed by atoms with E-state index in [0.29, 0.717) is 27.6 Å². The summed E-state index contributed by atoms with van der Waals surface area (Å²) in [5.41, 5.74) is -0.173. The van der Waals surface area contributed by atoms with Crippen LogP contribution in [0.15, 0.2) is 46.7 Å². The molecule has 1 amide bonds. The Bertz CT molecular complexity index is 1070. The number of hydrogen-bond acceptors (Lipinski definition) is 8. The highest BCUT2D eigenvalue weighted by molar-refractivity contribution is 8.71. The summed E-state index contributed by atoms with van der Waals surface area (Å²) in [5, 5.41) is 27.0. The molecule has 0 aliphatic carbocycles. The molecule has 1 spiro atoms. The Balaban J connectivity index is 1.99. The number of aromatic nitrogens is 1. The molecule has 3 N–H and O–H groups in total. The Labute approximate surface area is 203 Å². The van der Waals surface area contributed by atoms with E-state index >= 15 is 0 Å². The Hall–Kier alpha value is -1.85. The second-order valence-electron chi connectivity index (χ2n) is 8.46. The highest BCUT2D eigenvalue weighted by Crippen LogP contribution is 2.55. The standard InChI is InChI=1S/C23H28N2O5S3/c1-14-9-10-23(22(4,29)16(3)32-33(23)30)12-20(28)24-15(2)21-25-17(13-31-21)7-5-6-8-18(26)19(27)11-14/h5-8,11,13,15,19,27,29H,3,9-10,12H2,1-2,4H3,(H,24,28)/b7-5+,8-6-,14-11+/t15-,19-,22+,23-,33?/m1/s1. The quantitative estimate of drug-likeness (QED) is 0.363. The molecule has 178 valence electrons. The van der Waals surface area contributed by atoms with E-state index in [2.05, 4.69) is 16.9 Å². The summed E-state index contributed by atoms with van der Waals surface area (Å²) >= 11 is 1.39. The molecule has 2 bridgehead atoms. The van der Waals surface area contributed by atoms with Gasteiger partial charge >= 0.3 is 0 Å². The minimum absolute atomic E-state index is 0.168. The van der Waals surface area contributed by atoms with Gasteiger partial charge in [-0.1, -0.05) is 24.3 Å². The van der Waals surface area contributed by atoms with Crippen LogP contribution in [-0.2, 0) is 19.4 Å². The van der Waals surface area contributed by atoms with E-state index in [1.54, 1.807) is 25.2 Å². The van der Waals surface area contributed by atoms with Gasteiger partial charge < -0.3 is 15.5 Å². The van der Waals surface area contributed by atoms with Crippen molar-refractivity contribution in [2.24, 2.45) is 0 Å². The van der Waals surface area contributed by atoms with E-state index in [4.69, 9.17) is 0 Å². The zero-order valence-electron chi connectivity index (χ0n) is 18.7. The van der Waals surface area contributed by atoms with Crippen LogP contribution in [0.1, 0.15) is 56.8 Å². The first-order chi connectivity index (χ1) is 15.5. The number of ketones is 1. The minimum atomic E-state index is -1.61. The molecular weight excluding hydrogens is 480 g/mol. The summed E-state index contributed by atoms with van der Waals surface area (Å²) in [7, 11) is -0.633. The van der Waals surface area contributed by atoms with Gasteiger partial charge in [-0.05, 0) is 62.6 Å². The molecule has 1 fully saturated rings. The van der Waals surface area contributed by atoms with Crippen LogP contribution in [0, 0.1) is 0 Å². The number of carbonyl (C=O) groups excluding carboxylic acids is 2.